The lowest BCUT2D eigenvalue weighted by Crippen LogP contribution is -2.03. The van der Waals surface area contributed by atoms with Crippen molar-refractivity contribution < 1.29 is 54.2 Å². The molecule has 0 aromatic heterocycles. The van der Waals surface area contributed by atoms with Gasteiger partial charge in [-0.05, 0) is 41.5 Å². The molecule has 0 unspecified atom stereocenters. The van der Waals surface area contributed by atoms with Gasteiger partial charge in [0.15, 0.2) is 5.69 Å². The second-order valence-electron chi connectivity index (χ2n) is 9.13. The average molecular weight is 692 g/mol. The highest BCUT2D eigenvalue weighted by atomic mass is 32.2. The van der Waals surface area contributed by atoms with Crippen LogP contribution in [0.5, 0.6) is 17.2 Å². The summed E-state index contributed by atoms with van der Waals surface area (Å²) in [5.74, 6) is -2.09. The fourth-order valence-corrected chi connectivity index (χ4v) is 5.87. The van der Waals surface area contributed by atoms with Crippen molar-refractivity contribution in [2.75, 3.05) is 5.73 Å². The molecule has 0 radical (unpaired) electrons. The van der Waals surface area contributed by atoms with Crippen LogP contribution in [0.15, 0.2) is 102 Å². The first-order valence-corrected chi connectivity index (χ1v) is 16.5. The predicted molar refractivity (Wildman–Crippen MR) is 162 cm³/mol. The van der Waals surface area contributed by atoms with Gasteiger partial charge in [-0.3, -0.25) is 13.7 Å². The van der Waals surface area contributed by atoms with Crippen LogP contribution in [0, 0.1) is 0 Å². The summed E-state index contributed by atoms with van der Waals surface area (Å²) in [7, 11) is -14.3. The molecule has 0 spiro atoms. The summed E-state index contributed by atoms with van der Waals surface area (Å²) in [5.41, 5.74) is 3.99. The molecule has 240 valence electrons. The van der Waals surface area contributed by atoms with Gasteiger partial charge < -0.3 is 21.1 Å². The number of aromatic hydroxyl groups is 3. The van der Waals surface area contributed by atoms with Crippen LogP contribution in [0.2, 0.25) is 0 Å². The Kier molecular flexibility index (Phi) is 9.23. The Morgan fingerprint density at radius 1 is 0.587 bits per heavy atom. The molecule has 0 aliphatic heterocycles. The van der Waals surface area contributed by atoms with Crippen molar-refractivity contribution in [3.63, 3.8) is 0 Å². The van der Waals surface area contributed by atoms with E-state index in [0.717, 1.165) is 42.5 Å². The van der Waals surface area contributed by atoms with Gasteiger partial charge in [-0.25, -0.2) is 0 Å². The summed E-state index contributed by atoms with van der Waals surface area (Å²) in [5, 5.41) is 45.5. The molecule has 0 aliphatic carbocycles. The normalized spacial score (nSPS) is 12.8. The number of hydrogen-bond acceptors (Lipinski definition) is 14. The second kappa shape index (κ2) is 12.6. The van der Waals surface area contributed by atoms with E-state index >= 15 is 0 Å². The Morgan fingerprint density at radius 2 is 1.22 bits per heavy atom. The maximum absolute atomic E-state index is 12.3. The molecular weight excluding hydrogens is 671 g/mol. The second-order valence-corrected chi connectivity index (χ2v) is 13.3. The predicted octanol–water partition coefficient (Wildman–Crippen LogP) is 5.13. The number of nitrogens with zero attached hydrogens (tertiary/aromatic N) is 4. The molecule has 4 rings (SSSR count). The van der Waals surface area contributed by atoms with Gasteiger partial charge in [0, 0.05) is 23.9 Å². The van der Waals surface area contributed by atoms with Gasteiger partial charge in [-0.15, -0.1) is 15.3 Å². The number of phenolic OH excluding ortho intramolecular Hbond substituents is 3. The highest BCUT2D eigenvalue weighted by molar-refractivity contribution is 7.86. The molecule has 0 atom stereocenters. The number of rotatable bonds is 9. The first-order chi connectivity index (χ1) is 21.3. The van der Waals surface area contributed by atoms with Crippen LogP contribution in [0.3, 0.4) is 0 Å². The zero-order valence-corrected chi connectivity index (χ0v) is 25.2. The topological polar surface area (TPSA) is 299 Å². The fourth-order valence-electron chi connectivity index (χ4n) is 3.84. The van der Waals surface area contributed by atoms with Crippen LogP contribution in [-0.4, -0.2) is 54.2 Å². The lowest BCUT2D eigenvalue weighted by molar-refractivity contribution is 0.452. The molecule has 8 N–H and O–H groups in total. The van der Waals surface area contributed by atoms with Crippen LogP contribution in [0.25, 0.3) is 12.2 Å². The highest BCUT2D eigenvalue weighted by Crippen LogP contribution is 2.42. The Hall–Kier alpha value is -5.25. The van der Waals surface area contributed by atoms with Crippen LogP contribution < -0.4 is 5.73 Å². The summed E-state index contributed by atoms with van der Waals surface area (Å²) in [6, 6.07) is 11.9. The summed E-state index contributed by atoms with van der Waals surface area (Å²) in [6.07, 6.45) is 2.29. The summed E-state index contributed by atoms with van der Waals surface area (Å²) < 4.78 is 99.0. The standard InChI is InChI=1S/C26H21N5O12S3/c27-16-7-6-14(24(10-16)45(38,39)40)4-5-15-2-1-3-20(26(15)46(41,42)43)30-28-17-11-22(33)25(23(34)12-17)31-29-19-9-8-18(13-21(19)32)44(35,36)37/h1-13,32-34H,27H2,(H,35,36,37)(H,38,39,40)(H,41,42,43). The smallest absolute Gasteiger partial charge is 0.297 e. The van der Waals surface area contributed by atoms with Crippen LogP contribution >= 0.6 is 0 Å². The molecule has 0 saturated carbocycles. The quantitative estimate of drug-likeness (QED) is 0.0519. The molecule has 46 heavy (non-hydrogen) atoms. The number of nitrogens with two attached hydrogens (primary N) is 1. The number of anilines is 1. The minimum Gasteiger partial charge on any atom is -0.506 e. The Labute approximate surface area is 260 Å². The van der Waals surface area contributed by atoms with Crippen molar-refractivity contribution >= 4 is 70.9 Å². The molecule has 20 heteroatoms. The molecule has 17 nitrogen and oxygen atoms in total. The number of nitrogen functional groups attached to an aromatic ring is 1. The van der Waals surface area contributed by atoms with E-state index in [1.165, 1.54) is 30.3 Å². The van der Waals surface area contributed by atoms with Crippen LogP contribution in [0.1, 0.15) is 11.1 Å². The molecule has 0 fully saturated rings. The third kappa shape index (κ3) is 7.87. The van der Waals surface area contributed by atoms with Crippen LogP contribution in [0.4, 0.5) is 28.4 Å². The lowest BCUT2D eigenvalue weighted by Gasteiger charge is -2.08. The van der Waals surface area contributed by atoms with Crippen LogP contribution in [-0.2, 0) is 30.4 Å². The zero-order chi connectivity index (χ0) is 34.0. The molecule has 4 aromatic rings. The minimum atomic E-state index is -4.98. The highest BCUT2D eigenvalue weighted by Gasteiger charge is 2.21. The van der Waals surface area contributed by atoms with Crippen molar-refractivity contribution in [1.82, 2.24) is 0 Å². The molecule has 0 saturated heterocycles. The van der Waals surface area contributed by atoms with E-state index in [1.54, 1.807) is 0 Å². The molecule has 0 amide bonds. The molecular formula is C26H21N5O12S3. The SMILES string of the molecule is Nc1ccc(C=Cc2cccc(N=Nc3cc(O)c(N=Nc4ccc(S(=O)(=O)O)cc4O)c(O)c3)c2S(=O)(=O)O)c(S(=O)(=O)O)c1. The maximum Gasteiger partial charge on any atom is 0.297 e. The van der Waals surface area contributed by atoms with E-state index in [-0.39, 0.29) is 28.2 Å². The molecule has 4 aromatic carbocycles. The minimum absolute atomic E-state index is 0.0336. The molecule has 0 aliphatic rings. The summed E-state index contributed by atoms with van der Waals surface area (Å²) in [6.45, 7) is 0. The Balaban J connectivity index is 1.67. The fraction of sp³-hybridized carbons (Fsp3) is 0. The number of benzene rings is 4. The summed E-state index contributed by atoms with van der Waals surface area (Å²) in [4.78, 5) is -1.91. The lowest BCUT2D eigenvalue weighted by atomic mass is 10.1. The number of azo groups is 2. The first kappa shape index (κ1) is 33.6. The first-order valence-electron chi connectivity index (χ1n) is 12.2. The Morgan fingerprint density at radius 3 is 1.80 bits per heavy atom. The monoisotopic (exact) mass is 691 g/mol. The largest absolute Gasteiger partial charge is 0.506 e. The zero-order valence-electron chi connectivity index (χ0n) is 22.7. The third-order valence-electron chi connectivity index (χ3n) is 5.87. The van der Waals surface area contributed by atoms with Gasteiger partial charge in [0.25, 0.3) is 30.4 Å². The van der Waals surface area contributed by atoms with E-state index in [9.17, 15) is 49.7 Å². The van der Waals surface area contributed by atoms with E-state index in [2.05, 4.69) is 20.5 Å². The van der Waals surface area contributed by atoms with E-state index in [0.29, 0.717) is 6.07 Å². The van der Waals surface area contributed by atoms with Gasteiger partial charge in [0.1, 0.15) is 38.4 Å². The van der Waals surface area contributed by atoms with Gasteiger partial charge in [-0.2, -0.15) is 30.4 Å². The number of phenols is 3. The van der Waals surface area contributed by atoms with Crippen molar-refractivity contribution in [3.05, 3.63) is 77.9 Å². The van der Waals surface area contributed by atoms with E-state index < -0.39 is 73.7 Å². The molecule has 0 bridgehead atoms. The van der Waals surface area contributed by atoms with Gasteiger partial charge in [-0.1, -0.05) is 30.4 Å². The maximum atomic E-state index is 12.3. The van der Waals surface area contributed by atoms with Gasteiger partial charge >= 0.3 is 0 Å². The summed E-state index contributed by atoms with van der Waals surface area (Å²) >= 11 is 0. The number of hydrogen-bond donors (Lipinski definition) is 7. The van der Waals surface area contributed by atoms with Gasteiger partial charge in [0.05, 0.1) is 10.6 Å². The van der Waals surface area contributed by atoms with E-state index in [1.807, 2.05) is 0 Å². The Bertz CT molecular complexity index is 2260. The molecule has 0 heterocycles. The van der Waals surface area contributed by atoms with E-state index in [4.69, 9.17) is 10.3 Å². The van der Waals surface area contributed by atoms with Crippen molar-refractivity contribution in [2.45, 2.75) is 14.7 Å². The average Bonchev–Trinajstić information content (AvgIpc) is 2.94. The van der Waals surface area contributed by atoms with Crippen molar-refractivity contribution in [1.29, 1.82) is 0 Å². The van der Waals surface area contributed by atoms with Crippen molar-refractivity contribution in [2.24, 2.45) is 20.5 Å². The van der Waals surface area contributed by atoms with Crippen molar-refractivity contribution in [3.8, 4) is 17.2 Å². The van der Waals surface area contributed by atoms with Gasteiger partial charge in [0.2, 0.25) is 0 Å². The third-order valence-corrected chi connectivity index (χ3v) is 8.59.